The summed E-state index contributed by atoms with van der Waals surface area (Å²) in [6.45, 7) is -1.68. The highest BCUT2D eigenvalue weighted by Crippen LogP contribution is 2.40. The Kier molecular flexibility index (Phi) is 8.87. The maximum Gasteiger partial charge on any atom is 0.239 e. The van der Waals surface area contributed by atoms with Gasteiger partial charge in [0.15, 0.2) is 23.5 Å². The normalized spacial score (nSPS) is 32.5. The van der Waals surface area contributed by atoms with Crippen molar-refractivity contribution in [2.24, 2.45) is 0 Å². The largest absolute Gasteiger partial charge is 0.508 e. The van der Waals surface area contributed by atoms with Crippen LogP contribution in [0.4, 0.5) is 0 Å². The number of aliphatic hydroxyl groups is 7. The lowest BCUT2D eigenvalue weighted by Gasteiger charge is -2.45. The Bertz CT molecular complexity index is 1560. The van der Waals surface area contributed by atoms with E-state index in [4.69, 9.17) is 23.4 Å². The van der Waals surface area contributed by atoms with E-state index in [9.17, 15) is 61.0 Å². The molecule has 0 amide bonds. The first-order chi connectivity index (χ1) is 20.9. The molecule has 0 spiro atoms. The number of aliphatic hydroxyl groups excluding tert-OH is 7. The van der Waals surface area contributed by atoms with Gasteiger partial charge in [0.2, 0.25) is 17.5 Å². The average molecular weight is 627 g/mol. The Labute approximate surface area is 246 Å². The first-order valence-corrected chi connectivity index (χ1v) is 13.2. The molecular formula is C27H30O17. The molecule has 17 nitrogen and oxygen atoms in total. The van der Waals surface area contributed by atoms with Gasteiger partial charge in [0.05, 0.1) is 13.2 Å². The summed E-state index contributed by atoms with van der Waals surface area (Å²) in [4.78, 5) is 13.6. The van der Waals surface area contributed by atoms with E-state index in [2.05, 4.69) is 0 Å². The third-order valence-electron chi connectivity index (χ3n) is 7.35. The highest BCUT2D eigenvalue weighted by atomic mass is 16.7. The molecule has 2 aliphatic heterocycles. The predicted octanol–water partition coefficient (Wildman–Crippen LogP) is -2.71. The lowest BCUT2D eigenvalue weighted by Crippen LogP contribution is -2.65. The molecule has 2 aromatic carbocycles. The Balaban J connectivity index is 1.55. The molecule has 0 bridgehead atoms. The molecule has 2 aliphatic rings. The number of rotatable bonds is 7. The van der Waals surface area contributed by atoms with Gasteiger partial charge in [-0.3, -0.25) is 4.79 Å². The van der Waals surface area contributed by atoms with Crippen molar-refractivity contribution in [2.45, 2.75) is 61.4 Å². The van der Waals surface area contributed by atoms with Crippen molar-refractivity contribution in [3.05, 3.63) is 40.6 Å². The van der Waals surface area contributed by atoms with Crippen LogP contribution in [0.25, 0.3) is 22.3 Å². The summed E-state index contributed by atoms with van der Waals surface area (Å²) in [7, 11) is 0. The van der Waals surface area contributed by atoms with Gasteiger partial charge >= 0.3 is 0 Å². The Hall–Kier alpha value is -3.75. The van der Waals surface area contributed by atoms with Gasteiger partial charge in [0.1, 0.15) is 71.3 Å². The third kappa shape index (κ3) is 5.61. The second kappa shape index (κ2) is 12.3. The second-order valence-corrected chi connectivity index (χ2v) is 10.3. The van der Waals surface area contributed by atoms with Gasteiger partial charge in [-0.15, -0.1) is 0 Å². The molecule has 1 aromatic heterocycles. The number of benzene rings is 2. The zero-order valence-corrected chi connectivity index (χ0v) is 22.4. The Morgan fingerprint density at radius 1 is 0.705 bits per heavy atom. The standard InChI is InChI=1S/C27H30O17/c28-6-14-17(34)20(37)21(38)26(41-14)43-24-18(35)15(7-29)42-27(22(24)39)44-25-19(36)16-12(33)4-9(30)5-13(16)40-23(25)8-1-2-10(31)11(32)3-8/h1-5,14-15,17-18,20-22,24,26-35,37-39H,6-7H2/t14-,15-,17+,18+,20+,21-,22-,24+,26+,27+/m1/s1. The summed E-state index contributed by atoms with van der Waals surface area (Å²) in [5.41, 5.74) is -1.43. The van der Waals surface area contributed by atoms with E-state index < -0.39 is 120 Å². The minimum Gasteiger partial charge on any atom is -0.508 e. The summed E-state index contributed by atoms with van der Waals surface area (Å²) in [5, 5.41) is 111. The molecule has 2 fully saturated rings. The van der Waals surface area contributed by atoms with Crippen LogP contribution in [0.15, 0.2) is 39.5 Å². The molecule has 44 heavy (non-hydrogen) atoms. The van der Waals surface area contributed by atoms with E-state index in [-0.39, 0.29) is 11.1 Å². The molecule has 0 radical (unpaired) electrons. The van der Waals surface area contributed by atoms with Crippen LogP contribution in [0, 0.1) is 0 Å². The predicted molar refractivity (Wildman–Crippen MR) is 142 cm³/mol. The van der Waals surface area contributed by atoms with E-state index in [1.165, 1.54) is 6.07 Å². The van der Waals surface area contributed by atoms with Crippen molar-refractivity contribution in [1.82, 2.24) is 0 Å². The van der Waals surface area contributed by atoms with E-state index in [0.717, 1.165) is 24.3 Å². The van der Waals surface area contributed by atoms with Gasteiger partial charge in [-0.1, -0.05) is 0 Å². The lowest BCUT2D eigenvalue weighted by atomic mass is 9.97. The summed E-state index contributed by atoms with van der Waals surface area (Å²) in [6.07, 6.45) is -17.9. The number of phenols is 4. The van der Waals surface area contributed by atoms with Crippen molar-refractivity contribution in [3.8, 4) is 40.1 Å². The fourth-order valence-electron chi connectivity index (χ4n) is 4.99. The smallest absolute Gasteiger partial charge is 0.239 e. The van der Waals surface area contributed by atoms with Crippen LogP contribution in [0.1, 0.15) is 0 Å². The van der Waals surface area contributed by atoms with E-state index in [1.807, 2.05) is 0 Å². The quantitative estimate of drug-likeness (QED) is 0.119. The molecule has 17 heteroatoms. The molecule has 10 atom stereocenters. The van der Waals surface area contributed by atoms with Crippen LogP contribution >= 0.6 is 0 Å². The fourth-order valence-corrected chi connectivity index (χ4v) is 4.99. The highest BCUT2D eigenvalue weighted by molar-refractivity contribution is 5.88. The molecule has 3 heterocycles. The van der Waals surface area contributed by atoms with E-state index in [0.29, 0.717) is 0 Å². The van der Waals surface area contributed by atoms with E-state index >= 15 is 0 Å². The molecule has 11 N–H and O–H groups in total. The summed E-state index contributed by atoms with van der Waals surface area (Å²) < 4.78 is 27.8. The van der Waals surface area contributed by atoms with Crippen LogP contribution < -0.4 is 10.2 Å². The van der Waals surface area contributed by atoms with Crippen molar-refractivity contribution in [3.63, 3.8) is 0 Å². The minimum absolute atomic E-state index is 0.0599. The molecule has 0 aliphatic carbocycles. The number of phenolic OH excluding ortho intramolecular Hbond substituents is 4. The van der Waals surface area contributed by atoms with Crippen molar-refractivity contribution >= 4 is 11.0 Å². The third-order valence-corrected chi connectivity index (χ3v) is 7.35. The number of aromatic hydroxyl groups is 4. The molecular weight excluding hydrogens is 596 g/mol. The minimum atomic E-state index is -2.04. The van der Waals surface area contributed by atoms with E-state index in [1.54, 1.807) is 0 Å². The SMILES string of the molecule is O=c1c(O[C@@H]2O[C@H](CO)[C@H](O)[C@H](O[C@@H]3O[C@H](CO)[C@H](O)[C@H](O)[C@H]3O)[C@H]2O)c(-c2ccc(O)c(O)c2)oc2cc(O)cc(O)c12. The maximum absolute atomic E-state index is 13.6. The monoisotopic (exact) mass is 626 g/mol. The topological polar surface area (TPSA) is 290 Å². The molecule has 240 valence electrons. The first kappa shape index (κ1) is 31.7. The average Bonchev–Trinajstić information content (AvgIpc) is 2.98. The molecule has 0 saturated carbocycles. The molecule has 2 saturated heterocycles. The molecule has 3 aromatic rings. The molecule has 0 unspecified atom stereocenters. The van der Waals surface area contributed by atoms with Crippen LogP contribution in [0.3, 0.4) is 0 Å². The Morgan fingerprint density at radius 2 is 1.36 bits per heavy atom. The maximum atomic E-state index is 13.6. The molecule has 5 rings (SSSR count). The second-order valence-electron chi connectivity index (χ2n) is 10.3. The number of ether oxygens (including phenoxy) is 4. The van der Waals surface area contributed by atoms with Crippen molar-refractivity contribution < 1.29 is 79.5 Å². The van der Waals surface area contributed by atoms with Gasteiger partial charge in [-0.25, -0.2) is 0 Å². The van der Waals surface area contributed by atoms with Crippen molar-refractivity contribution in [2.75, 3.05) is 13.2 Å². The first-order valence-electron chi connectivity index (χ1n) is 13.2. The number of hydrogen-bond donors (Lipinski definition) is 11. The lowest BCUT2D eigenvalue weighted by molar-refractivity contribution is -0.352. The fraction of sp³-hybridized carbons (Fsp3) is 0.444. The van der Waals surface area contributed by atoms with Gasteiger partial charge in [-0.05, 0) is 18.2 Å². The van der Waals surface area contributed by atoms with Gasteiger partial charge < -0.3 is 79.5 Å². The van der Waals surface area contributed by atoms with Crippen molar-refractivity contribution in [1.29, 1.82) is 0 Å². The zero-order chi connectivity index (χ0) is 32.0. The number of fused-ring (bicyclic) bond motifs is 1. The van der Waals surface area contributed by atoms with Gasteiger partial charge in [-0.2, -0.15) is 0 Å². The van der Waals surface area contributed by atoms with Crippen LogP contribution in [0.5, 0.6) is 28.7 Å². The van der Waals surface area contributed by atoms with Crippen LogP contribution in [-0.4, -0.2) is 131 Å². The zero-order valence-electron chi connectivity index (χ0n) is 22.4. The van der Waals surface area contributed by atoms with Gasteiger partial charge in [0.25, 0.3) is 0 Å². The summed E-state index contributed by atoms with van der Waals surface area (Å²) in [6, 6.07) is 5.14. The highest BCUT2D eigenvalue weighted by Gasteiger charge is 2.51. The summed E-state index contributed by atoms with van der Waals surface area (Å²) in [5.74, 6) is -3.49. The van der Waals surface area contributed by atoms with Crippen LogP contribution in [0.2, 0.25) is 0 Å². The van der Waals surface area contributed by atoms with Gasteiger partial charge in [0, 0.05) is 17.7 Å². The van der Waals surface area contributed by atoms with Crippen LogP contribution in [-0.2, 0) is 14.2 Å². The Morgan fingerprint density at radius 3 is 2.02 bits per heavy atom. The summed E-state index contributed by atoms with van der Waals surface area (Å²) >= 11 is 0. The number of hydrogen-bond acceptors (Lipinski definition) is 17.